The number of aromatic nitrogens is 3. The van der Waals surface area contributed by atoms with Crippen molar-refractivity contribution < 1.29 is 13.9 Å². The Bertz CT molecular complexity index is 997. The molecule has 1 N–H and O–H groups in total. The van der Waals surface area contributed by atoms with Gasteiger partial charge in [-0.2, -0.15) is 0 Å². The molecule has 0 radical (unpaired) electrons. The fraction of sp³-hybridized carbons (Fsp3) is 0.381. The Hall–Kier alpha value is -2.23. The molecular weight excluding hydrogens is 423 g/mol. The van der Waals surface area contributed by atoms with Crippen molar-refractivity contribution in [3.63, 3.8) is 0 Å². The van der Waals surface area contributed by atoms with Crippen LogP contribution in [-0.2, 0) is 22.5 Å². The van der Waals surface area contributed by atoms with E-state index < -0.39 is 0 Å². The Morgan fingerprint density at radius 3 is 2.90 bits per heavy atom. The lowest BCUT2D eigenvalue weighted by Crippen LogP contribution is -2.18. The van der Waals surface area contributed by atoms with Crippen LogP contribution in [0.25, 0.3) is 11.4 Å². The van der Waals surface area contributed by atoms with Crippen molar-refractivity contribution in [2.45, 2.75) is 44.0 Å². The average molecular weight is 447 g/mol. The molecule has 0 spiro atoms. The normalized spacial score (nSPS) is 16.1. The molecule has 0 saturated carbocycles. The largest absolute Gasteiger partial charge is 0.376 e. The van der Waals surface area contributed by atoms with Gasteiger partial charge in [-0.3, -0.25) is 9.36 Å². The van der Waals surface area contributed by atoms with Gasteiger partial charge in [0, 0.05) is 28.1 Å². The second kappa shape index (κ2) is 9.72. The van der Waals surface area contributed by atoms with Crippen LogP contribution in [0, 0.1) is 5.82 Å². The van der Waals surface area contributed by atoms with Gasteiger partial charge in [0.1, 0.15) is 5.82 Å². The Morgan fingerprint density at radius 1 is 1.37 bits per heavy atom. The monoisotopic (exact) mass is 446 g/mol. The van der Waals surface area contributed by atoms with Crippen LogP contribution in [0.3, 0.4) is 0 Å². The molecule has 9 heteroatoms. The van der Waals surface area contributed by atoms with Gasteiger partial charge in [-0.15, -0.1) is 21.5 Å². The van der Waals surface area contributed by atoms with Crippen LogP contribution >= 0.6 is 23.1 Å². The molecule has 0 aliphatic carbocycles. The van der Waals surface area contributed by atoms with Crippen molar-refractivity contribution in [1.82, 2.24) is 14.8 Å². The summed E-state index contributed by atoms with van der Waals surface area (Å²) in [5.41, 5.74) is 1.61. The summed E-state index contributed by atoms with van der Waals surface area (Å²) in [5.74, 6) is 0.480. The molecule has 1 atom stereocenters. The maximum Gasteiger partial charge on any atom is 0.234 e. The van der Waals surface area contributed by atoms with E-state index in [2.05, 4.69) is 38.5 Å². The fourth-order valence-electron chi connectivity index (χ4n) is 3.31. The number of anilines is 1. The summed E-state index contributed by atoms with van der Waals surface area (Å²) < 4.78 is 20.9. The van der Waals surface area contributed by atoms with Gasteiger partial charge in [0.15, 0.2) is 11.0 Å². The second-order valence-corrected chi connectivity index (χ2v) is 8.99. The number of carbonyl (C=O) groups excluding carboxylic acids is 1. The zero-order valence-electron chi connectivity index (χ0n) is 16.6. The SMILES string of the molecule is CCc1cc(-c2nnc(SCC(=O)Nc3ccc(F)cc3)n2CC2CCCO2)cs1. The first-order chi connectivity index (χ1) is 14.6. The van der Waals surface area contributed by atoms with Crippen molar-refractivity contribution in [3.05, 3.63) is 46.4 Å². The number of thiophene rings is 1. The average Bonchev–Trinajstić information content (AvgIpc) is 3.49. The standard InChI is InChI=1S/C21H23FN4O2S2/c1-2-18-10-14(12-29-18)20-24-25-21(26(20)11-17-4-3-9-28-17)30-13-19(27)23-16-7-5-15(22)6-8-16/h5-8,10,12,17H,2-4,9,11,13H2,1H3,(H,23,27). The third-order valence-electron chi connectivity index (χ3n) is 4.85. The molecular formula is C21H23FN4O2S2. The number of nitrogens with zero attached hydrogens (tertiary/aromatic N) is 3. The molecule has 30 heavy (non-hydrogen) atoms. The Morgan fingerprint density at radius 2 is 2.20 bits per heavy atom. The Labute approximate surface area is 182 Å². The van der Waals surface area contributed by atoms with Crippen LogP contribution in [0.4, 0.5) is 10.1 Å². The summed E-state index contributed by atoms with van der Waals surface area (Å²) >= 11 is 3.06. The van der Waals surface area contributed by atoms with E-state index in [-0.39, 0.29) is 23.6 Å². The summed E-state index contributed by atoms with van der Waals surface area (Å²) in [6.45, 7) is 3.58. The molecule has 4 rings (SSSR count). The van der Waals surface area contributed by atoms with E-state index in [4.69, 9.17) is 4.74 Å². The molecule has 0 bridgehead atoms. The molecule has 1 fully saturated rings. The van der Waals surface area contributed by atoms with Gasteiger partial charge in [0.25, 0.3) is 0 Å². The number of hydrogen-bond acceptors (Lipinski definition) is 6. The Kier molecular flexibility index (Phi) is 6.81. The number of rotatable bonds is 8. The minimum absolute atomic E-state index is 0.136. The highest BCUT2D eigenvalue weighted by molar-refractivity contribution is 7.99. The Balaban J connectivity index is 1.48. The molecule has 2 aromatic heterocycles. The lowest BCUT2D eigenvalue weighted by Gasteiger charge is -2.14. The summed E-state index contributed by atoms with van der Waals surface area (Å²) in [6, 6.07) is 7.86. The molecule has 3 aromatic rings. The van der Waals surface area contributed by atoms with E-state index in [0.717, 1.165) is 37.3 Å². The van der Waals surface area contributed by atoms with Crippen LogP contribution in [0.1, 0.15) is 24.6 Å². The highest BCUT2D eigenvalue weighted by atomic mass is 32.2. The fourth-order valence-corrected chi connectivity index (χ4v) is 4.87. The number of ether oxygens (including phenoxy) is 1. The topological polar surface area (TPSA) is 69.0 Å². The van der Waals surface area contributed by atoms with Crippen LogP contribution in [0.2, 0.25) is 0 Å². The first kappa shape index (κ1) is 21.0. The molecule has 1 aromatic carbocycles. The predicted molar refractivity (Wildman–Crippen MR) is 117 cm³/mol. The lowest BCUT2D eigenvalue weighted by molar-refractivity contribution is -0.113. The molecule has 158 valence electrons. The molecule has 1 aliphatic rings. The minimum Gasteiger partial charge on any atom is -0.376 e. The molecule has 1 amide bonds. The van der Waals surface area contributed by atoms with Crippen molar-refractivity contribution >= 4 is 34.7 Å². The summed E-state index contributed by atoms with van der Waals surface area (Å²) in [4.78, 5) is 13.6. The van der Waals surface area contributed by atoms with Crippen molar-refractivity contribution in [1.29, 1.82) is 0 Å². The number of aryl methyl sites for hydroxylation is 1. The highest BCUT2D eigenvalue weighted by Crippen LogP contribution is 2.29. The number of thioether (sulfide) groups is 1. The van der Waals surface area contributed by atoms with E-state index in [9.17, 15) is 9.18 Å². The predicted octanol–water partition coefficient (Wildman–Crippen LogP) is 4.62. The van der Waals surface area contributed by atoms with Crippen molar-refractivity contribution in [2.75, 3.05) is 17.7 Å². The maximum atomic E-state index is 13.0. The summed E-state index contributed by atoms with van der Waals surface area (Å²) in [6.07, 6.45) is 3.19. The maximum absolute atomic E-state index is 13.0. The summed E-state index contributed by atoms with van der Waals surface area (Å²) in [7, 11) is 0. The molecule has 6 nitrogen and oxygen atoms in total. The number of amides is 1. The van der Waals surface area contributed by atoms with E-state index in [1.165, 1.54) is 40.9 Å². The number of halogens is 1. The van der Waals surface area contributed by atoms with Gasteiger partial charge < -0.3 is 10.1 Å². The van der Waals surface area contributed by atoms with Crippen molar-refractivity contribution in [2.24, 2.45) is 0 Å². The van der Waals surface area contributed by atoms with E-state index >= 15 is 0 Å². The van der Waals surface area contributed by atoms with Crippen LogP contribution in [0.15, 0.2) is 40.9 Å². The quantitative estimate of drug-likeness (QED) is 0.512. The van der Waals surface area contributed by atoms with Gasteiger partial charge in [0.2, 0.25) is 5.91 Å². The zero-order valence-corrected chi connectivity index (χ0v) is 18.3. The smallest absolute Gasteiger partial charge is 0.234 e. The van der Waals surface area contributed by atoms with E-state index in [1.54, 1.807) is 11.3 Å². The van der Waals surface area contributed by atoms with Gasteiger partial charge in [-0.1, -0.05) is 18.7 Å². The number of hydrogen-bond donors (Lipinski definition) is 1. The highest BCUT2D eigenvalue weighted by Gasteiger charge is 2.22. The first-order valence-corrected chi connectivity index (χ1v) is 11.8. The van der Waals surface area contributed by atoms with E-state index in [1.807, 2.05) is 0 Å². The number of benzene rings is 1. The first-order valence-electron chi connectivity index (χ1n) is 9.93. The third-order valence-corrected chi connectivity index (χ3v) is 6.90. The summed E-state index contributed by atoms with van der Waals surface area (Å²) in [5, 5.41) is 14.3. The van der Waals surface area contributed by atoms with Gasteiger partial charge in [0.05, 0.1) is 18.4 Å². The van der Waals surface area contributed by atoms with E-state index in [0.29, 0.717) is 17.4 Å². The van der Waals surface area contributed by atoms with Gasteiger partial charge in [-0.25, -0.2) is 4.39 Å². The zero-order chi connectivity index (χ0) is 20.9. The minimum atomic E-state index is -0.336. The van der Waals surface area contributed by atoms with Crippen LogP contribution in [-0.4, -0.2) is 39.1 Å². The van der Waals surface area contributed by atoms with Crippen molar-refractivity contribution in [3.8, 4) is 11.4 Å². The van der Waals surface area contributed by atoms with Gasteiger partial charge in [-0.05, 0) is 49.6 Å². The molecule has 3 heterocycles. The number of carbonyl (C=O) groups is 1. The molecule has 1 aliphatic heterocycles. The van der Waals surface area contributed by atoms with Crippen LogP contribution in [0.5, 0.6) is 0 Å². The third kappa shape index (κ3) is 5.08. The molecule has 1 saturated heterocycles. The van der Waals surface area contributed by atoms with Gasteiger partial charge >= 0.3 is 0 Å². The lowest BCUT2D eigenvalue weighted by atomic mass is 10.2. The second-order valence-electron chi connectivity index (χ2n) is 7.05. The number of nitrogens with one attached hydrogen (secondary N) is 1. The molecule has 1 unspecified atom stereocenters. The van der Waals surface area contributed by atoms with Crippen LogP contribution < -0.4 is 5.32 Å².